The maximum absolute atomic E-state index is 11.3. The lowest BCUT2D eigenvalue weighted by Gasteiger charge is -2.57. The molecule has 4 heteroatoms. The molecular weight excluding hydrogens is 230 g/mol. The van der Waals surface area contributed by atoms with E-state index in [2.05, 4.69) is 0 Å². The molecule has 4 aliphatic rings. The van der Waals surface area contributed by atoms with Gasteiger partial charge in [0.25, 0.3) is 5.78 Å². The molecule has 0 aromatic carbocycles. The summed E-state index contributed by atoms with van der Waals surface area (Å²) in [5, 5.41) is 8.66. The Balaban J connectivity index is 1.87. The van der Waals surface area contributed by atoms with Crippen molar-refractivity contribution in [2.45, 2.75) is 38.5 Å². The third kappa shape index (κ3) is 1.74. The highest BCUT2D eigenvalue weighted by molar-refractivity contribution is 6.37. The molecule has 98 valence electrons. The molecule has 0 spiro atoms. The van der Waals surface area contributed by atoms with E-state index < -0.39 is 11.8 Å². The Morgan fingerprint density at radius 2 is 1.50 bits per heavy atom. The molecule has 0 aromatic heterocycles. The highest BCUT2D eigenvalue weighted by atomic mass is 16.4. The molecule has 4 nitrogen and oxygen atoms in total. The molecule has 0 radical (unpaired) electrons. The zero-order valence-corrected chi connectivity index (χ0v) is 10.4. The van der Waals surface area contributed by atoms with E-state index in [4.69, 9.17) is 10.8 Å². The SMILES string of the molecule is N/C(=C\C(=O)C(=O)O)C12CC3CC(CC(C3)C1)C2. The van der Waals surface area contributed by atoms with Gasteiger partial charge in [-0.05, 0) is 56.3 Å². The van der Waals surface area contributed by atoms with E-state index in [0.717, 1.165) is 43.1 Å². The predicted molar refractivity (Wildman–Crippen MR) is 65.5 cm³/mol. The van der Waals surface area contributed by atoms with Crippen LogP contribution in [0, 0.1) is 23.2 Å². The van der Waals surface area contributed by atoms with Gasteiger partial charge in [-0.1, -0.05) is 0 Å². The maximum atomic E-state index is 11.3. The zero-order chi connectivity index (χ0) is 12.9. The molecule has 0 saturated heterocycles. The summed E-state index contributed by atoms with van der Waals surface area (Å²) in [5.41, 5.74) is 6.54. The quantitative estimate of drug-likeness (QED) is 0.589. The minimum absolute atomic E-state index is 0.0696. The Labute approximate surface area is 106 Å². The van der Waals surface area contributed by atoms with Gasteiger partial charge in [0.05, 0.1) is 0 Å². The second kappa shape index (κ2) is 3.84. The van der Waals surface area contributed by atoms with Crippen LogP contribution in [0.1, 0.15) is 38.5 Å². The summed E-state index contributed by atoms with van der Waals surface area (Å²) in [6.07, 6.45) is 8.23. The number of carbonyl (C=O) groups excluding carboxylic acids is 1. The fourth-order valence-electron chi connectivity index (χ4n) is 4.82. The molecule has 4 bridgehead atoms. The number of carbonyl (C=O) groups is 2. The van der Waals surface area contributed by atoms with Gasteiger partial charge in [-0.15, -0.1) is 0 Å². The Bertz CT molecular complexity index is 403. The lowest BCUT2D eigenvalue weighted by atomic mass is 9.49. The first kappa shape index (κ1) is 11.8. The summed E-state index contributed by atoms with van der Waals surface area (Å²) in [7, 11) is 0. The van der Waals surface area contributed by atoms with Gasteiger partial charge in [-0.2, -0.15) is 0 Å². The molecule has 0 heterocycles. The van der Waals surface area contributed by atoms with Crippen LogP contribution < -0.4 is 5.73 Å². The molecular formula is C14H19NO3. The van der Waals surface area contributed by atoms with Gasteiger partial charge < -0.3 is 10.8 Å². The van der Waals surface area contributed by atoms with Crippen LogP contribution in [0.15, 0.2) is 11.8 Å². The Hall–Kier alpha value is -1.32. The maximum Gasteiger partial charge on any atom is 0.376 e. The van der Waals surface area contributed by atoms with Crippen molar-refractivity contribution in [2.24, 2.45) is 28.9 Å². The number of hydrogen-bond acceptors (Lipinski definition) is 3. The molecule has 4 aliphatic carbocycles. The lowest BCUT2D eigenvalue weighted by molar-refractivity contribution is -0.146. The Kier molecular flexibility index (Phi) is 2.50. The first-order valence-corrected chi connectivity index (χ1v) is 6.73. The van der Waals surface area contributed by atoms with E-state index in [1.807, 2.05) is 0 Å². The van der Waals surface area contributed by atoms with Gasteiger partial charge >= 0.3 is 5.97 Å². The van der Waals surface area contributed by atoms with E-state index in [0.29, 0.717) is 5.70 Å². The number of rotatable bonds is 3. The number of hydrogen-bond donors (Lipinski definition) is 2. The van der Waals surface area contributed by atoms with Crippen LogP contribution in [0.2, 0.25) is 0 Å². The van der Waals surface area contributed by atoms with E-state index >= 15 is 0 Å². The van der Waals surface area contributed by atoms with E-state index in [-0.39, 0.29) is 5.41 Å². The summed E-state index contributed by atoms with van der Waals surface area (Å²) >= 11 is 0. The second-order valence-electron chi connectivity index (χ2n) is 6.47. The average Bonchev–Trinajstić information content (AvgIpc) is 2.26. The lowest BCUT2D eigenvalue weighted by Crippen LogP contribution is -2.48. The molecule has 18 heavy (non-hydrogen) atoms. The largest absolute Gasteiger partial charge is 0.475 e. The first-order chi connectivity index (χ1) is 8.48. The van der Waals surface area contributed by atoms with Crippen LogP contribution in [-0.4, -0.2) is 16.9 Å². The molecule has 4 fully saturated rings. The molecule has 0 atom stereocenters. The Morgan fingerprint density at radius 3 is 1.89 bits per heavy atom. The monoisotopic (exact) mass is 249 g/mol. The molecule has 3 N–H and O–H groups in total. The van der Waals surface area contributed by atoms with Gasteiger partial charge in [-0.25, -0.2) is 4.79 Å². The van der Waals surface area contributed by atoms with Crippen molar-refractivity contribution < 1.29 is 14.7 Å². The minimum Gasteiger partial charge on any atom is -0.475 e. The van der Waals surface area contributed by atoms with Gasteiger partial charge in [-0.3, -0.25) is 4.79 Å². The van der Waals surface area contributed by atoms with Crippen LogP contribution >= 0.6 is 0 Å². The highest BCUT2D eigenvalue weighted by Gasteiger charge is 2.52. The third-order valence-electron chi connectivity index (χ3n) is 5.15. The third-order valence-corrected chi connectivity index (χ3v) is 5.15. The molecule has 4 saturated carbocycles. The number of ketones is 1. The van der Waals surface area contributed by atoms with Crippen molar-refractivity contribution in [3.63, 3.8) is 0 Å². The van der Waals surface area contributed by atoms with Gasteiger partial charge in [0.2, 0.25) is 0 Å². The summed E-state index contributed by atoms with van der Waals surface area (Å²) in [4.78, 5) is 21.9. The molecule has 0 aromatic rings. The molecule has 4 rings (SSSR count). The average molecular weight is 249 g/mol. The van der Waals surface area contributed by atoms with Crippen molar-refractivity contribution in [2.75, 3.05) is 0 Å². The van der Waals surface area contributed by atoms with E-state index in [9.17, 15) is 9.59 Å². The fourth-order valence-corrected chi connectivity index (χ4v) is 4.82. The van der Waals surface area contributed by atoms with Crippen molar-refractivity contribution >= 4 is 11.8 Å². The van der Waals surface area contributed by atoms with Crippen LogP contribution in [-0.2, 0) is 9.59 Å². The first-order valence-electron chi connectivity index (χ1n) is 6.73. The van der Waals surface area contributed by atoms with Gasteiger partial charge in [0.15, 0.2) is 0 Å². The van der Waals surface area contributed by atoms with Crippen molar-refractivity contribution in [3.8, 4) is 0 Å². The molecule has 0 aliphatic heterocycles. The summed E-state index contributed by atoms with van der Waals surface area (Å²) in [5.74, 6) is -0.0830. The fraction of sp³-hybridized carbons (Fsp3) is 0.714. The topological polar surface area (TPSA) is 80.4 Å². The summed E-state index contributed by atoms with van der Waals surface area (Å²) < 4.78 is 0. The predicted octanol–water partition coefficient (Wildman–Crippen LogP) is 1.70. The number of carboxylic acid groups (broad SMARTS) is 1. The summed E-state index contributed by atoms with van der Waals surface area (Å²) in [6.45, 7) is 0. The molecule has 0 amide bonds. The number of nitrogens with two attached hydrogens (primary N) is 1. The normalized spacial score (nSPS) is 42.0. The minimum atomic E-state index is -1.41. The van der Waals surface area contributed by atoms with E-state index in [1.54, 1.807) is 0 Å². The van der Waals surface area contributed by atoms with Crippen molar-refractivity contribution in [3.05, 3.63) is 11.8 Å². The van der Waals surface area contributed by atoms with Gasteiger partial charge in [0.1, 0.15) is 0 Å². The number of allylic oxidation sites excluding steroid dienone is 1. The highest BCUT2D eigenvalue weighted by Crippen LogP contribution is 2.61. The number of aliphatic carboxylic acids is 1. The van der Waals surface area contributed by atoms with Crippen LogP contribution in [0.25, 0.3) is 0 Å². The second-order valence-corrected chi connectivity index (χ2v) is 6.47. The summed E-state index contributed by atoms with van der Waals surface area (Å²) in [6, 6.07) is 0. The number of carboxylic acids is 1. The Morgan fingerprint density at radius 1 is 1.06 bits per heavy atom. The zero-order valence-electron chi connectivity index (χ0n) is 10.4. The van der Waals surface area contributed by atoms with Crippen LogP contribution in [0.3, 0.4) is 0 Å². The van der Waals surface area contributed by atoms with E-state index in [1.165, 1.54) is 19.3 Å². The van der Waals surface area contributed by atoms with Crippen LogP contribution in [0.4, 0.5) is 0 Å². The van der Waals surface area contributed by atoms with Gasteiger partial charge in [0, 0.05) is 17.2 Å². The van der Waals surface area contributed by atoms with Crippen molar-refractivity contribution in [1.29, 1.82) is 0 Å². The van der Waals surface area contributed by atoms with Crippen LogP contribution in [0.5, 0.6) is 0 Å². The smallest absolute Gasteiger partial charge is 0.376 e. The van der Waals surface area contributed by atoms with Crippen molar-refractivity contribution in [1.82, 2.24) is 0 Å². The standard InChI is InChI=1S/C14H19NO3/c15-12(4-11(16)13(17)18)14-5-8-1-9(6-14)3-10(2-8)7-14/h4,8-10H,1-3,5-7,15H2,(H,17,18)/b12-4-. The molecule has 0 unspecified atom stereocenters.